The summed E-state index contributed by atoms with van der Waals surface area (Å²) in [5.74, 6) is -1.33. The van der Waals surface area contributed by atoms with E-state index in [-0.39, 0.29) is 17.5 Å². The van der Waals surface area contributed by atoms with Crippen LogP contribution in [0.1, 0.15) is 44.2 Å². The number of piperidine rings is 1. The number of hydrogen-bond acceptors (Lipinski definition) is 6. The summed E-state index contributed by atoms with van der Waals surface area (Å²) in [4.78, 5) is 15.4. The molecule has 8 nitrogen and oxygen atoms in total. The van der Waals surface area contributed by atoms with Gasteiger partial charge in [-0.1, -0.05) is 5.16 Å². The second-order valence-corrected chi connectivity index (χ2v) is 8.79. The first-order valence-corrected chi connectivity index (χ1v) is 9.82. The van der Waals surface area contributed by atoms with Crippen LogP contribution in [0.4, 0.5) is 0 Å². The predicted molar refractivity (Wildman–Crippen MR) is 87.5 cm³/mol. The van der Waals surface area contributed by atoms with Gasteiger partial charge in [-0.15, -0.1) is 0 Å². The third kappa shape index (κ3) is 2.81. The van der Waals surface area contributed by atoms with Gasteiger partial charge in [0.1, 0.15) is 4.90 Å². The highest BCUT2D eigenvalue weighted by molar-refractivity contribution is 7.89. The van der Waals surface area contributed by atoms with E-state index < -0.39 is 21.9 Å². The minimum atomic E-state index is -3.83. The summed E-state index contributed by atoms with van der Waals surface area (Å²) >= 11 is 0. The highest BCUT2D eigenvalue weighted by Crippen LogP contribution is 2.42. The molecule has 1 aliphatic carbocycles. The average molecular weight is 365 g/mol. The van der Waals surface area contributed by atoms with Crippen molar-refractivity contribution < 1.29 is 22.8 Å². The first-order chi connectivity index (χ1) is 11.9. The number of carbonyl (C=O) groups is 1. The van der Waals surface area contributed by atoms with Crippen molar-refractivity contribution in [1.82, 2.24) is 14.4 Å². The Kier molecular flexibility index (Phi) is 3.80. The van der Waals surface area contributed by atoms with Gasteiger partial charge in [-0.25, -0.2) is 13.4 Å². The van der Waals surface area contributed by atoms with Crippen molar-refractivity contribution in [2.24, 2.45) is 5.92 Å². The predicted octanol–water partition coefficient (Wildman–Crippen LogP) is 1.97. The van der Waals surface area contributed by atoms with Crippen LogP contribution in [0.25, 0.3) is 11.1 Å². The zero-order valence-electron chi connectivity index (χ0n) is 13.8. The van der Waals surface area contributed by atoms with Crippen molar-refractivity contribution in [3.8, 4) is 0 Å². The molecular formula is C16H19N3O5S. The molecule has 1 saturated heterocycles. The molecule has 2 aromatic heterocycles. The normalized spacial score (nSPS) is 25.3. The second-order valence-electron chi connectivity index (χ2n) is 6.90. The monoisotopic (exact) mass is 365 g/mol. The molecule has 0 spiro atoms. The van der Waals surface area contributed by atoms with Crippen molar-refractivity contribution in [2.45, 2.75) is 49.5 Å². The van der Waals surface area contributed by atoms with Gasteiger partial charge in [-0.05, 0) is 38.7 Å². The van der Waals surface area contributed by atoms with Gasteiger partial charge < -0.3 is 9.63 Å². The zero-order valence-corrected chi connectivity index (χ0v) is 14.6. The summed E-state index contributed by atoms with van der Waals surface area (Å²) in [7, 11) is -3.83. The van der Waals surface area contributed by atoms with E-state index in [1.54, 1.807) is 13.0 Å². The molecule has 0 aromatic carbocycles. The number of rotatable bonds is 4. The minimum Gasteiger partial charge on any atom is -0.481 e. The molecule has 1 aliphatic heterocycles. The van der Waals surface area contributed by atoms with Gasteiger partial charge >= 0.3 is 5.97 Å². The summed E-state index contributed by atoms with van der Waals surface area (Å²) in [5.41, 5.74) is 1.09. The van der Waals surface area contributed by atoms with Crippen LogP contribution in [0.5, 0.6) is 0 Å². The molecular weight excluding hydrogens is 346 g/mol. The summed E-state index contributed by atoms with van der Waals surface area (Å²) < 4.78 is 32.6. The number of carboxylic acids is 1. The Morgan fingerprint density at radius 3 is 2.76 bits per heavy atom. The van der Waals surface area contributed by atoms with Crippen molar-refractivity contribution >= 4 is 27.1 Å². The van der Waals surface area contributed by atoms with Crippen molar-refractivity contribution in [2.75, 3.05) is 6.54 Å². The van der Waals surface area contributed by atoms with E-state index in [0.29, 0.717) is 29.9 Å². The average Bonchev–Trinajstić information content (AvgIpc) is 3.33. The highest BCUT2D eigenvalue weighted by Gasteiger charge is 2.38. The molecule has 4 rings (SSSR count). The van der Waals surface area contributed by atoms with Crippen LogP contribution in [0.15, 0.2) is 21.7 Å². The van der Waals surface area contributed by atoms with Gasteiger partial charge in [0.15, 0.2) is 0 Å². The van der Waals surface area contributed by atoms with E-state index in [1.165, 1.54) is 10.5 Å². The van der Waals surface area contributed by atoms with Crippen LogP contribution >= 0.6 is 0 Å². The first-order valence-electron chi connectivity index (χ1n) is 8.38. The zero-order chi connectivity index (χ0) is 17.8. The Bertz CT molecular complexity index is 934. The third-order valence-corrected chi connectivity index (χ3v) is 7.02. The van der Waals surface area contributed by atoms with Gasteiger partial charge in [-0.2, -0.15) is 4.31 Å². The number of carboxylic acid groups (broad SMARTS) is 1. The molecule has 9 heteroatoms. The molecule has 1 saturated carbocycles. The van der Waals surface area contributed by atoms with Gasteiger partial charge in [0, 0.05) is 18.5 Å². The lowest BCUT2D eigenvalue weighted by Crippen LogP contribution is -2.47. The Morgan fingerprint density at radius 2 is 2.08 bits per heavy atom. The molecule has 2 aliphatic rings. The lowest BCUT2D eigenvalue weighted by atomic mass is 9.96. The number of pyridine rings is 1. The maximum atomic E-state index is 13.1. The van der Waals surface area contributed by atoms with Crippen molar-refractivity contribution in [3.63, 3.8) is 0 Å². The fraction of sp³-hybridized carbons (Fsp3) is 0.562. The SMILES string of the molecule is CC1CCC(C(=O)O)CN1S(=O)(=O)c1cnc2onc(C3CC3)c2c1. The van der Waals surface area contributed by atoms with E-state index in [1.807, 2.05) is 0 Å². The molecule has 134 valence electrons. The molecule has 2 unspecified atom stereocenters. The van der Waals surface area contributed by atoms with Crippen LogP contribution < -0.4 is 0 Å². The highest BCUT2D eigenvalue weighted by atomic mass is 32.2. The molecule has 0 bridgehead atoms. The third-order valence-electron chi connectivity index (χ3n) is 5.08. The topological polar surface area (TPSA) is 114 Å². The number of fused-ring (bicyclic) bond motifs is 1. The molecule has 25 heavy (non-hydrogen) atoms. The van der Waals surface area contributed by atoms with Gasteiger partial charge in [0.25, 0.3) is 5.71 Å². The lowest BCUT2D eigenvalue weighted by Gasteiger charge is -2.35. The summed E-state index contributed by atoms with van der Waals surface area (Å²) in [5, 5.41) is 13.9. The van der Waals surface area contributed by atoms with E-state index >= 15 is 0 Å². The molecule has 2 fully saturated rings. The molecule has 3 heterocycles. The number of aliphatic carboxylic acids is 1. The molecule has 0 radical (unpaired) electrons. The van der Waals surface area contributed by atoms with Crippen LogP contribution in [-0.2, 0) is 14.8 Å². The number of nitrogens with zero attached hydrogens (tertiary/aromatic N) is 3. The Balaban J connectivity index is 1.72. The Hall–Kier alpha value is -2.00. The number of hydrogen-bond donors (Lipinski definition) is 1. The van der Waals surface area contributed by atoms with Crippen LogP contribution in [-0.4, -0.2) is 46.5 Å². The van der Waals surface area contributed by atoms with E-state index in [2.05, 4.69) is 10.1 Å². The van der Waals surface area contributed by atoms with Crippen LogP contribution in [0.2, 0.25) is 0 Å². The fourth-order valence-electron chi connectivity index (χ4n) is 3.37. The molecule has 0 amide bonds. The largest absolute Gasteiger partial charge is 0.481 e. The van der Waals surface area contributed by atoms with E-state index in [4.69, 9.17) is 4.52 Å². The van der Waals surface area contributed by atoms with Crippen molar-refractivity contribution in [3.05, 3.63) is 18.0 Å². The number of aromatic nitrogens is 2. The van der Waals surface area contributed by atoms with Crippen molar-refractivity contribution in [1.29, 1.82) is 0 Å². The van der Waals surface area contributed by atoms with Gasteiger partial charge in [0.05, 0.1) is 23.2 Å². The first kappa shape index (κ1) is 16.5. The maximum Gasteiger partial charge on any atom is 0.307 e. The molecule has 2 aromatic rings. The van der Waals surface area contributed by atoms with E-state index in [0.717, 1.165) is 18.5 Å². The smallest absolute Gasteiger partial charge is 0.307 e. The summed E-state index contributed by atoms with van der Waals surface area (Å²) in [6.07, 6.45) is 4.30. The van der Waals surface area contributed by atoms with Crippen LogP contribution in [0, 0.1) is 5.92 Å². The van der Waals surface area contributed by atoms with Gasteiger partial charge in [-0.3, -0.25) is 4.79 Å². The summed E-state index contributed by atoms with van der Waals surface area (Å²) in [6.45, 7) is 1.78. The Labute approximate surface area is 144 Å². The lowest BCUT2D eigenvalue weighted by molar-refractivity contribution is -0.143. The minimum absolute atomic E-state index is 0.0179. The Morgan fingerprint density at radius 1 is 1.32 bits per heavy atom. The van der Waals surface area contributed by atoms with Gasteiger partial charge in [0.2, 0.25) is 10.0 Å². The fourth-order valence-corrected chi connectivity index (χ4v) is 5.05. The van der Waals surface area contributed by atoms with Crippen LogP contribution in [0.3, 0.4) is 0 Å². The maximum absolute atomic E-state index is 13.1. The standard InChI is InChI=1S/C16H19N3O5S/c1-9-2-3-11(16(20)21)8-19(9)25(22,23)12-6-13-14(10-4-5-10)18-24-15(13)17-7-12/h6-7,9-11H,2-5,8H2,1H3,(H,20,21). The summed E-state index contributed by atoms with van der Waals surface area (Å²) in [6, 6.07) is 1.31. The molecule has 1 N–H and O–H groups in total. The molecule has 2 atom stereocenters. The quantitative estimate of drug-likeness (QED) is 0.881. The van der Waals surface area contributed by atoms with E-state index in [9.17, 15) is 18.3 Å². The number of sulfonamides is 1. The second kappa shape index (κ2) is 5.77.